The second-order valence-electron chi connectivity index (χ2n) is 8.33. The van der Waals surface area contributed by atoms with Crippen molar-refractivity contribution in [3.05, 3.63) is 113 Å². The average molecular weight is 449 g/mol. The van der Waals surface area contributed by atoms with Gasteiger partial charge < -0.3 is 15.3 Å². The van der Waals surface area contributed by atoms with Crippen molar-refractivity contribution in [3.63, 3.8) is 0 Å². The number of amides is 1. The third-order valence-electron chi connectivity index (χ3n) is 5.91. The monoisotopic (exact) mass is 448 g/mol. The molecule has 1 amide bonds. The number of hydrogen-bond acceptors (Lipinski definition) is 3. The summed E-state index contributed by atoms with van der Waals surface area (Å²) in [4.78, 5) is 13.0. The van der Waals surface area contributed by atoms with E-state index in [9.17, 15) is 10.0 Å². The molecule has 5 nitrogen and oxygen atoms in total. The number of carbonyl (C=O) groups is 1. The molecule has 4 aromatic rings. The molecule has 0 spiro atoms. The molecule has 1 aliphatic heterocycles. The first-order chi connectivity index (χ1) is 16.6. The number of anilines is 1. The van der Waals surface area contributed by atoms with Gasteiger partial charge in [0.15, 0.2) is 6.20 Å². The predicted octanol–water partition coefficient (Wildman–Crippen LogP) is 5.77. The van der Waals surface area contributed by atoms with Crippen LogP contribution in [-0.4, -0.2) is 12.5 Å². The molecule has 0 saturated heterocycles. The first kappa shape index (κ1) is 21.5. The van der Waals surface area contributed by atoms with E-state index in [2.05, 4.69) is 42.6 Å². The Kier molecular flexibility index (Phi) is 5.83. The van der Waals surface area contributed by atoms with Gasteiger partial charge in [-0.3, -0.25) is 4.79 Å². The van der Waals surface area contributed by atoms with Crippen LogP contribution in [0.25, 0.3) is 28.5 Å². The van der Waals surface area contributed by atoms with Crippen molar-refractivity contribution in [1.82, 2.24) is 0 Å². The van der Waals surface area contributed by atoms with Crippen molar-refractivity contribution >= 4 is 17.7 Å². The van der Waals surface area contributed by atoms with Crippen LogP contribution in [0.5, 0.6) is 5.75 Å². The van der Waals surface area contributed by atoms with Gasteiger partial charge in [-0.1, -0.05) is 35.9 Å². The van der Waals surface area contributed by atoms with E-state index in [1.54, 1.807) is 24.3 Å². The van der Waals surface area contributed by atoms with Crippen molar-refractivity contribution in [1.29, 1.82) is 0 Å². The van der Waals surface area contributed by atoms with Gasteiger partial charge in [0.2, 0.25) is 5.69 Å². The van der Waals surface area contributed by atoms with Gasteiger partial charge in [0.1, 0.15) is 5.75 Å². The normalized spacial score (nSPS) is 12.7. The van der Waals surface area contributed by atoms with Gasteiger partial charge in [-0.05, 0) is 66.6 Å². The molecule has 0 saturated carbocycles. The third kappa shape index (κ3) is 4.55. The zero-order valence-electron chi connectivity index (χ0n) is 18.8. The molecule has 0 atom stereocenters. The van der Waals surface area contributed by atoms with Gasteiger partial charge in [0.05, 0.1) is 6.61 Å². The number of ether oxygens (including phenoxy) is 1. The van der Waals surface area contributed by atoms with E-state index in [4.69, 9.17) is 4.74 Å². The Morgan fingerprint density at radius 2 is 1.65 bits per heavy atom. The highest BCUT2D eigenvalue weighted by Crippen LogP contribution is 2.31. The second kappa shape index (κ2) is 9.24. The largest absolute Gasteiger partial charge is 0.618 e. The van der Waals surface area contributed by atoms with E-state index in [-0.39, 0.29) is 5.91 Å². The summed E-state index contributed by atoms with van der Waals surface area (Å²) in [5, 5.41) is 14.9. The number of aryl methyl sites for hydroxylation is 1. The van der Waals surface area contributed by atoms with Crippen molar-refractivity contribution < 1.29 is 14.3 Å². The van der Waals surface area contributed by atoms with Gasteiger partial charge in [-0.25, -0.2) is 0 Å². The van der Waals surface area contributed by atoms with Gasteiger partial charge in [-0.15, -0.1) is 0 Å². The van der Waals surface area contributed by atoms with Crippen LogP contribution < -0.4 is 14.8 Å². The van der Waals surface area contributed by atoms with Crippen molar-refractivity contribution in [2.45, 2.75) is 13.3 Å². The lowest BCUT2D eigenvalue weighted by Gasteiger charge is -2.09. The van der Waals surface area contributed by atoms with Crippen LogP contribution in [0.15, 0.2) is 96.7 Å². The highest BCUT2D eigenvalue weighted by atomic mass is 16.5. The minimum atomic E-state index is -0.163. The first-order valence-electron chi connectivity index (χ1n) is 11.2. The summed E-state index contributed by atoms with van der Waals surface area (Å²) in [5.41, 5.74) is 6.97. The lowest BCUT2D eigenvalue weighted by molar-refractivity contribution is -0.593. The predicted molar refractivity (Wildman–Crippen MR) is 134 cm³/mol. The van der Waals surface area contributed by atoms with Crippen LogP contribution >= 0.6 is 0 Å². The number of fused-ring (bicyclic) bond motifs is 1. The summed E-state index contributed by atoms with van der Waals surface area (Å²) in [5.74, 6) is 0.611. The topological polar surface area (TPSA) is 65.3 Å². The zero-order valence-corrected chi connectivity index (χ0v) is 18.8. The number of carbonyl (C=O) groups excluding carboxylic acids is 1. The maximum Gasteiger partial charge on any atom is 0.251 e. The number of benzene rings is 3. The number of nitrogens with one attached hydrogen (secondary N) is 1. The van der Waals surface area contributed by atoms with Gasteiger partial charge >= 0.3 is 0 Å². The number of hydrogen-bond donors (Lipinski definition) is 1. The molecule has 0 bridgehead atoms. The smallest absolute Gasteiger partial charge is 0.251 e. The van der Waals surface area contributed by atoms with Crippen molar-refractivity contribution in [3.8, 4) is 28.1 Å². The number of aromatic nitrogens is 1. The van der Waals surface area contributed by atoms with E-state index in [1.807, 2.05) is 36.4 Å². The summed E-state index contributed by atoms with van der Waals surface area (Å²) in [7, 11) is 0. The summed E-state index contributed by atoms with van der Waals surface area (Å²) in [6, 6.07) is 27.0. The molecule has 3 aromatic carbocycles. The summed E-state index contributed by atoms with van der Waals surface area (Å²) in [6.07, 6.45) is 3.89. The lowest BCUT2D eigenvalue weighted by Crippen LogP contribution is -2.27. The van der Waals surface area contributed by atoms with Crippen LogP contribution in [0.4, 0.5) is 5.69 Å². The maximum atomic E-state index is 13.0. The summed E-state index contributed by atoms with van der Waals surface area (Å²) >= 11 is 0. The lowest BCUT2D eigenvalue weighted by atomic mass is 10.00. The molecule has 5 rings (SSSR count). The van der Waals surface area contributed by atoms with Gasteiger partial charge in [-0.2, -0.15) is 4.73 Å². The van der Waals surface area contributed by atoms with Crippen LogP contribution in [0.1, 0.15) is 17.5 Å². The van der Waals surface area contributed by atoms with Crippen LogP contribution in [0.2, 0.25) is 0 Å². The number of nitrogens with zero attached hydrogens (tertiary/aromatic N) is 1. The quantitative estimate of drug-likeness (QED) is 0.319. The molecule has 1 aliphatic rings. The maximum absolute atomic E-state index is 13.0. The molecular weight excluding hydrogens is 424 g/mol. The van der Waals surface area contributed by atoms with Crippen molar-refractivity contribution in [2.75, 3.05) is 11.9 Å². The molecule has 0 radical (unpaired) electrons. The van der Waals surface area contributed by atoms with E-state index >= 15 is 0 Å². The SMILES string of the molecule is Cc1ccc(-c2ccc3c(c2)C=C(C(=O)Nc2ccc(-c4cccc[n+]4[O-])cc2)CCO3)cc1. The Balaban J connectivity index is 1.37. The van der Waals surface area contributed by atoms with Crippen molar-refractivity contribution in [2.24, 2.45) is 0 Å². The molecule has 34 heavy (non-hydrogen) atoms. The highest BCUT2D eigenvalue weighted by molar-refractivity contribution is 6.07. The van der Waals surface area contributed by atoms with Crippen LogP contribution in [-0.2, 0) is 4.79 Å². The summed E-state index contributed by atoms with van der Waals surface area (Å²) in [6.45, 7) is 2.50. The van der Waals surface area contributed by atoms with Gasteiger partial charge in [0, 0.05) is 40.9 Å². The molecule has 0 aliphatic carbocycles. The summed E-state index contributed by atoms with van der Waals surface area (Å²) < 4.78 is 6.73. The van der Waals surface area contributed by atoms with E-state index in [1.165, 1.54) is 11.8 Å². The minimum absolute atomic E-state index is 0.163. The second-order valence-corrected chi connectivity index (χ2v) is 8.33. The Morgan fingerprint density at radius 3 is 2.41 bits per heavy atom. The molecule has 1 N–H and O–H groups in total. The zero-order chi connectivity index (χ0) is 23.5. The van der Waals surface area contributed by atoms with Crippen LogP contribution in [0.3, 0.4) is 0 Å². The molecular formula is C29H24N2O3. The fourth-order valence-electron chi connectivity index (χ4n) is 4.02. The number of rotatable bonds is 4. The molecule has 0 fully saturated rings. The minimum Gasteiger partial charge on any atom is -0.618 e. The number of pyridine rings is 1. The fourth-order valence-corrected chi connectivity index (χ4v) is 4.02. The fraction of sp³-hybridized carbons (Fsp3) is 0.103. The standard InChI is InChI=1S/C29H24N2O3/c1-20-5-7-21(8-6-20)23-11-14-28-25(18-23)19-24(15-17-34-28)29(32)30-26-12-9-22(10-13-26)27-4-2-3-16-31(27)33/h2-14,16,18-19H,15,17H2,1H3,(H,30,32). The molecule has 1 aromatic heterocycles. The Hall–Kier alpha value is -4.38. The van der Waals surface area contributed by atoms with Crippen LogP contribution in [0, 0.1) is 12.1 Å². The molecule has 5 heteroatoms. The van der Waals surface area contributed by atoms with E-state index in [0.29, 0.717) is 30.0 Å². The van der Waals surface area contributed by atoms with E-state index < -0.39 is 0 Å². The average Bonchev–Trinajstić information content (AvgIpc) is 3.07. The molecule has 0 unspecified atom stereocenters. The molecule has 168 valence electrons. The third-order valence-corrected chi connectivity index (χ3v) is 5.91. The van der Waals surface area contributed by atoms with Gasteiger partial charge in [0.25, 0.3) is 5.91 Å². The molecule has 2 heterocycles. The first-order valence-corrected chi connectivity index (χ1v) is 11.2. The Bertz CT molecular complexity index is 1370. The Labute approximate surface area is 198 Å². The van der Waals surface area contributed by atoms with E-state index in [0.717, 1.165) is 32.7 Å². The Morgan fingerprint density at radius 1 is 0.912 bits per heavy atom. The highest BCUT2D eigenvalue weighted by Gasteiger charge is 2.17.